The Kier molecular flexibility index (Phi) is 5.02. The van der Waals surface area contributed by atoms with Crippen molar-refractivity contribution in [1.29, 1.82) is 0 Å². The summed E-state index contributed by atoms with van der Waals surface area (Å²) in [6.07, 6.45) is 1.20. The fourth-order valence-corrected chi connectivity index (χ4v) is 4.29. The molecule has 0 radical (unpaired) electrons. The first-order chi connectivity index (χ1) is 13.0. The summed E-state index contributed by atoms with van der Waals surface area (Å²) in [7, 11) is 0. The second kappa shape index (κ2) is 7.45. The fourth-order valence-electron chi connectivity index (χ4n) is 4.29. The minimum atomic E-state index is -4.37. The van der Waals surface area contributed by atoms with Crippen molar-refractivity contribution in [2.24, 2.45) is 0 Å². The van der Waals surface area contributed by atoms with Gasteiger partial charge in [-0.3, -0.25) is 0 Å². The zero-order valence-corrected chi connectivity index (χ0v) is 15.4. The number of nitrogens with zero attached hydrogens (tertiary/aromatic N) is 2. The van der Waals surface area contributed by atoms with Crippen LogP contribution in [-0.2, 0) is 6.18 Å². The second-order valence-electron chi connectivity index (χ2n) is 7.49. The van der Waals surface area contributed by atoms with Gasteiger partial charge in [0.05, 0.1) is 5.56 Å². The van der Waals surface area contributed by atoms with Gasteiger partial charge in [-0.1, -0.05) is 18.2 Å². The van der Waals surface area contributed by atoms with Crippen molar-refractivity contribution in [2.45, 2.75) is 38.3 Å². The summed E-state index contributed by atoms with van der Waals surface area (Å²) < 4.78 is 41.4. The number of anilines is 2. The van der Waals surface area contributed by atoms with Crippen molar-refractivity contribution >= 4 is 11.4 Å². The summed E-state index contributed by atoms with van der Waals surface area (Å²) >= 11 is 0. The fraction of sp³-hybridized carbons (Fsp3) is 0.455. The van der Waals surface area contributed by atoms with Gasteiger partial charge in [0, 0.05) is 43.1 Å². The third-order valence-electron chi connectivity index (χ3n) is 5.67. The number of rotatable bonds is 3. The number of halogens is 3. The smallest absolute Gasteiger partial charge is 0.372 e. The molecular weight excluding hydrogens is 349 g/mol. The van der Waals surface area contributed by atoms with Gasteiger partial charge in [-0.2, -0.15) is 13.2 Å². The minimum absolute atomic E-state index is 0.299. The summed E-state index contributed by atoms with van der Waals surface area (Å²) in [5, 5.41) is 0. The molecule has 0 N–H and O–H groups in total. The summed E-state index contributed by atoms with van der Waals surface area (Å²) in [6.45, 7) is 3.64. The lowest BCUT2D eigenvalue weighted by Crippen LogP contribution is -2.29. The maximum atomic E-state index is 13.8. The molecule has 2 aromatic carbocycles. The van der Waals surface area contributed by atoms with Crippen LogP contribution in [0.4, 0.5) is 24.5 Å². The molecule has 2 fully saturated rings. The molecule has 2 saturated heterocycles. The molecule has 0 spiro atoms. The van der Waals surface area contributed by atoms with Crippen LogP contribution in [0.3, 0.4) is 0 Å². The maximum absolute atomic E-state index is 13.8. The summed E-state index contributed by atoms with van der Waals surface area (Å²) in [4.78, 5) is 4.43. The van der Waals surface area contributed by atoms with E-state index in [1.54, 1.807) is 12.1 Å². The number of para-hydroxylation sites is 1. The number of benzene rings is 2. The van der Waals surface area contributed by atoms with E-state index in [9.17, 15) is 13.2 Å². The zero-order valence-electron chi connectivity index (χ0n) is 15.4. The van der Waals surface area contributed by atoms with Crippen molar-refractivity contribution in [3.8, 4) is 11.1 Å². The molecule has 0 amide bonds. The number of alkyl halides is 3. The van der Waals surface area contributed by atoms with Crippen LogP contribution in [0, 0.1) is 0 Å². The number of hydrogen-bond acceptors (Lipinski definition) is 2. The minimum Gasteiger partial charge on any atom is -0.372 e. The van der Waals surface area contributed by atoms with E-state index in [1.807, 2.05) is 24.3 Å². The first kappa shape index (κ1) is 18.2. The molecule has 4 rings (SSSR count). The standard InChI is InChI=1S/C22H25F3N2/c23-22(24,25)20-11-10-17(26-12-6-7-13-26)16-19(20)18-8-2-3-9-21(18)27-14-4-1-5-15-27/h2-3,8-11,16H,1,4-7,12-15H2. The van der Waals surface area contributed by atoms with E-state index in [0.29, 0.717) is 11.1 Å². The molecule has 144 valence electrons. The molecule has 2 aliphatic rings. The molecule has 0 saturated carbocycles. The lowest BCUT2D eigenvalue weighted by atomic mass is 9.95. The van der Waals surface area contributed by atoms with Crippen LogP contribution < -0.4 is 9.80 Å². The van der Waals surface area contributed by atoms with Crippen LogP contribution >= 0.6 is 0 Å². The highest BCUT2D eigenvalue weighted by Crippen LogP contribution is 2.43. The summed E-state index contributed by atoms with van der Waals surface area (Å²) in [5.74, 6) is 0. The molecule has 2 aliphatic heterocycles. The zero-order chi connectivity index (χ0) is 18.9. The van der Waals surface area contributed by atoms with Gasteiger partial charge in [0.25, 0.3) is 0 Å². The molecular formula is C22H25F3N2. The Morgan fingerprint density at radius 3 is 2.00 bits per heavy atom. The second-order valence-corrected chi connectivity index (χ2v) is 7.49. The Balaban J connectivity index is 1.83. The molecule has 0 bridgehead atoms. The van der Waals surface area contributed by atoms with Gasteiger partial charge in [-0.25, -0.2) is 0 Å². The molecule has 0 aromatic heterocycles. The average Bonchev–Trinajstić information content (AvgIpc) is 3.22. The monoisotopic (exact) mass is 374 g/mol. The van der Waals surface area contributed by atoms with Gasteiger partial charge in [0.2, 0.25) is 0 Å². The Labute approximate surface area is 158 Å². The van der Waals surface area contributed by atoms with Gasteiger partial charge in [-0.15, -0.1) is 0 Å². The topological polar surface area (TPSA) is 6.48 Å². The lowest BCUT2D eigenvalue weighted by Gasteiger charge is -2.31. The van der Waals surface area contributed by atoms with Crippen LogP contribution in [0.2, 0.25) is 0 Å². The van der Waals surface area contributed by atoms with Crippen molar-refractivity contribution < 1.29 is 13.2 Å². The van der Waals surface area contributed by atoms with E-state index in [1.165, 1.54) is 12.5 Å². The van der Waals surface area contributed by atoms with Crippen molar-refractivity contribution in [3.63, 3.8) is 0 Å². The molecule has 2 heterocycles. The SMILES string of the molecule is FC(F)(F)c1ccc(N2CCCC2)cc1-c1ccccc1N1CCCCC1. The highest BCUT2D eigenvalue weighted by molar-refractivity contribution is 5.83. The van der Waals surface area contributed by atoms with E-state index in [0.717, 1.165) is 63.2 Å². The molecule has 0 unspecified atom stereocenters. The van der Waals surface area contributed by atoms with Crippen molar-refractivity contribution in [3.05, 3.63) is 48.0 Å². The molecule has 0 aliphatic carbocycles. The first-order valence-electron chi connectivity index (χ1n) is 9.84. The Hall–Kier alpha value is -2.17. The quantitative estimate of drug-likeness (QED) is 0.654. The largest absolute Gasteiger partial charge is 0.417 e. The highest BCUT2D eigenvalue weighted by atomic mass is 19.4. The Morgan fingerprint density at radius 1 is 0.667 bits per heavy atom. The molecule has 27 heavy (non-hydrogen) atoms. The first-order valence-corrected chi connectivity index (χ1v) is 9.84. The number of piperidine rings is 1. The predicted molar refractivity (Wildman–Crippen MR) is 104 cm³/mol. The van der Waals surface area contributed by atoms with E-state index in [2.05, 4.69) is 9.80 Å². The van der Waals surface area contributed by atoms with E-state index in [-0.39, 0.29) is 0 Å². The van der Waals surface area contributed by atoms with Crippen LogP contribution in [0.25, 0.3) is 11.1 Å². The van der Waals surface area contributed by atoms with Gasteiger partial charge in [0.1, 0.15) is 0 Å². The van der Waals surface area contributed by atoms with Gasteiger partial charge in [-0.05, 0) is 61.9 Å². The predicted octanol–water partition coefficient (Wildman–Crippen LogP) is 5.96. The Bertz CT molecular complexity index is 788. The third kappa shape index (κ3) is 3.78. The third-order valence-corrected chi connectivity index (χ3v) is 5.67. The van der Waals surface area contributed by atoms with Crippen molar-refractivity contribution in [1.82, 2.24) is 0 Å². The Morgan fingerprint density at radius 2 is 1.30 bits per heavy atom. The highest BCUT2D eigenvalue weighted by Gasteiger charge is 2.35. The van der Waals surface area contributed by atoms with Gasteiger partial charge in [0.15, 0.2) is 0 Å². The van der Waals surface area contributed by atoms with E-state index < -0.39 is 11.7 Å². The molecule has 0 atom stereocenters. The van der Waals surface area contributed by atoms with Gasteiger partial charge < -0.3 is 9.80 Å². The maximum Gasteiger partial charge on any atom is 0.417 e. The molecule has 2 aromatic rings. The van der Waals surface area contributed by atoms with Crippen LogP contribution in [0.1, 0.15) is 37.7 Å². The average molecular weight is 374 g/mol. The van der Waals surface area contributed by atoms with Gasteiger partial charge >= 0.3 is 6.18 Å². The summed E-state index contributed by atoms with van der Waals surface area (Å²) in [6, 6.07) is 12.2. The van der Waals surface area contributed by atoms with Crippen LogP contribution in [-0.4, -0.2) is 26.2 Å². The molecule has 2 nitrogen and oxygen atoms in total. The van der Waals surface area contributed by atoms with Crippen LogP contribution in [0.15, 0.2) is 42.5 Å². The molecule has 5 heteroatoms. The van der Waals surface area contributed by atoms with Crippen molar-refractivity contribution in [2.75, 3.05) is 36.0 Å². The van der Waals surface area contributed by atoms with E-state index >= 15 is 0 Å². The number of hydrogen-bond donors (Lipinski definition) is 0. The normalized spacial score (nSPS) is 18.2. The summed E-state index contributed by atoms with van der Waals surface area (Å²) in [5.41, 5.74) is 2.25. The van der Waals surface area contributed by atoms with Crippen LogP contribution in [0.5, 0.6) is 0 Å². The van der Waals surface area contributed by atoms with E-state index in [4.69, 9.17) is 0 Å². The lowest BCUT2D eigenvalue weighted by molar-refractivity contribution is -0.137.